The van der Waals surface area contributed by atoms with Crippen LogP contribution in [0.1, 0.15) is 56.4 Å². The number of fused-ring (bicyclic) bond motifs is 4. The van der Waals surface area contributed by atoms with Gasteiger partial charge in [0.05, 0.1) is 17.7 Å². The van der Waals surface area contributed by atoms with Crippen molar-refractivity contribution in [3.05, 3.63) is 59.0 Å². The van der Waals surface area contributed by atoms with Crippen LogP contribution < -0.4 is 0 Å². The molecule has 1 spiro atoms. The van der Waals surface area contributed by atoms with Crippen LogP contribution in [0.5, 0.6) is 5.75 Å². The van der Waals surface area contributed by atoms with Crippen LogP contribution in [0.15, 0.2) is 36.4 Å². The third-order valence-corrected chi connectivity index (χ3v) is 7.41. The first-order valence-corrected chi connectivity index (χ1v) is 11.2. The summed E-state index contributed by atoms with van der Waals surface area (Å²) in [6.45, 7) is 6.14. The average Bonchev–Trinajstić information content (AvgIpc) is 3.14. The lowest BCUT2D eigenvalue weighted by molar-refractivity contribution is -0.165. The number of nitrogens with zero attached hydrogens (tertiary/aromatic N) is 1. The second kappa shape index (κ2) is 7.03. The van der Waals surface area contributed by atoms with E-state index in [9.17, 15) is 23.8 Å². The van der Waals surface area contributed by atoms with Gasteiger partial charge in [0, 0.05) is 27.7 Å². The van der Waals surface area contributed by atoms with Crippen molar-refractivity contribution in [3.8, 4) is 11.4 Å². The molecule has 0 unspecified atom stereocenters. The monoisotopic (exact) mass is 455 g/mol. The molecule has 3 aromatic rings. The van der Waals surface area contributed by atoms with Crippen LogP contribution in [0, 0.1) is 12.7 Å². The number of phenols is 1. The summed E-state index contributed by atoms with van der Waals surface area (Å²) >= 11 is 0. The Morgan fingerprint density at radius 3 is 2.45 bits per heavy atom. The maximum atomic E-state index is 15.0. The van der Waals surface area contributed by atoms with E-state index in [1.807, 2.05) is 24.5 Å². The van der Waals surface area contributed by atoms with E-state index < -0.39 is 22.7 Å². The zero-order valence-corrected chi connectivity index (χ0v) is 18.9. The third-order valence-electron chi connectivity index (χ3n) is 7.41. The summed E-state index contributed by atoms with van der Waals surface area (Å²) < 4.78 is 37.5. The summed E-state index contributed by atoms with van der Waals surface area (Å²) in [4.78, 5) is 11.5. The minimum Gasteiger partial charge on any atom is -0.507 e. The normalized spacial score (nSPS) is 26.5. The first-order chi connectivity index (χ1) is 15.5. The minimum absolute atomic E-state index is 0.0809. The highest BCUT2D eigenvalue weighted by atomic mass is 19.1. The fourth-order valence-electron chi connectivity index (χ4n) is 5.56. The maximum Gasteiger partial charge on any atom is 0.341 e. The van der Waals surface area contributed by atoms with Gasteiger partial charge in [-0.3, -0.25) is 0 Å². The van der Waals surface area contributed by atoms with Crippen molar-refractivity contribution in [3.63, 3.8) is 0 Å². The van der Waals surface area contributed by atoms with Gasteiger partial charge in [-0.15, -0.1) is 0 Å². The number of aromatic nitrogens is 1. The van der Waals surface area contributed by atoms with E-state index in [-0.39, 0.29) is 37.3 Å². The number of alkyl halides is 1. The molecule has 0 radical (unpaired) electrons. The molecule has 0 amide bonds. The van der Waals surface area contributed by atoms with Gasteiger partial charge < -0.3 is 19.5 Å². The number of aryl methyl sites for hydroxylation is 1. The van der Waals surface area contributed by atoms with Crippen LogP contribution in [0.2, 0.25) is 0 Å². The molecule has 7 heteroatoms. The number of phenolic OH excluding ortho intramolecular Hbond substituents is 1. The number of aromatic hydroxyl groups is 1. The van der Waals surface area contributed by atoms with Crippen molar-refractivity contribution in [2.24, 2.45) is 0 Å². The second-order valence-electron chi connectivity index (χ2n) is 10.1. The Labute approximate surface area is 190 Å². The van der Waals surface area contributed by atoms with E-state index in [2.05, 4.69) is 0 Å². The smallest absolute Gasteiger partial charge is 0.341 e. The first-order valence-electron chi connectivity index (χ1n) is 11.2. The number of carboxylic acids is 1. The van der Waals surface area contributed by atoms with Crippen molar-refractivity contribution in [2.45, 2.75) is 63.1 Å². The summed E-state index contributed by atoms with van der Waals surface area (Å²) in [6.07, 6.45) is 0.0415. The SMILES string of the molecule is Cc1cc(-n2c3c(c4c(O)cccc42)[C@]2(CC[C@](F)(C(=O)O)CC2)OCC3(C)C)ccc1F. The summed E-state index contributed by atoms with van der Waals surface area (Å²) in [6, 6.07) is 10.2. The number of ether oxygens (including phenoxy) is 1. The van der Waals surface area contributed by atoms with Crippen molar-refractivity contribution in [1.29, 1.82) is 0 Å². The Hall–Kier alpha value is -2.93. The molecule has 33 heavy (non-hydrogen) atoms. The van der Waals surface area contributed by atoms with Gasteiger partial charge in [0.1, 0.15) is 11.6 Å². The average molecular weight is 456 g/mol. The molecule has 0 bridgehead atoms. The summed E-state index contributed by atoms with van der Waals surface area (Å²) in [7, 11) is 0. The van der Waals surface area contributed by atoms with E-state index >= 15 is 0 Å². The lowest BCUT2D eigenvalue weighted by Crippen LogP contribution is -2.49. The van der Waals surface area contributed by atoms with Gasteiger partial charge in [-0.1, -0.05) is 19.9 Å². The molecule has 174 valence electrons. The number of benzene rings is 2. The highest BCUT2D eigenvalue weighted by molar-refractivity contribution is 5.94. The zero-order valence-electron chi connectivity index (χ0n) is 18.9. The molecular formula is C26H27F2NO4. The topological polar surface area (TPSA) is 71.7 Å². The number of hydrogen-bond donors (Lipinski definition) is 2. The summed E-state index contributed by atoms with van der Waals surface area (Å²) in [5.74, 6) is -1.66. The Bertz CT molecular complexity index is 1290. The molecule has 2 aromatic carbocycles. The van der Waals surface area contributed by atoms with Crippen LogP contribution >= 0.6 is 0 Å². The lowest BCUT2D eigenvalue weighted by Gasteiger charge is -2.48. The third kappa shape index (κ3) is 3.09. The molecule has 1 saturated carbocycles. The molecule has 1 aliphatic heterocycles. The number of carboxylic acid groups (broad SMARTS) is 1. The molecule has 2 heterocycles. The van der Waals surface area contributed by atoms with Crippen LogP contribution in [0.4, 0.5) is 8.78 Å². The predicted octanol–water partition coefficient (Wildman–Crippen LogP) is 5.65. The Kier molecular flexibility index (Phi) is 4.67. The second-order valence-corrected chi connectivity index (χ2v) is 10.1. The van der Waals surface area contributed by atoms with E-state index in [1.54, 1.807) is 31.2 Å². The molecule has 5 rings (SSSR count). The molecular weight excluding hydrogens is 428 g/mol. The molecule has 1 aliphatic carbocycles. The van der Waals surface area contributed by atoms with E-state index in [4.69, 9.17) is 4.74 Å². The highest BCUT2D eigenvalue weighted by Crippen LogP contribution is 2.56. The molecule has 2 aliphatic rings. The number of rotatable bonds is 2. The largest absolute Gasteiger partial charge is 0.507 e. The summed E-state index contributed by atoms with van der Waals surface area (Å²) in [5, 5.41) is 21.0. The quantitative estimate of drug-likeness (QED) is 0.524. The zero-order chi connectivity index (χ0) is 23.8. The molecule has 2 N–H and O–H groups in total. The molecule has 0 saturated heterocycles. The fourth-order valence-corrected chi connectivity index (χ4v) is 5.56. The van der Waals surface area contributed by atoms with Crippen LogP contribution in [-0.4, -0.2) is 33.0 Å². The van der Waals surface area contributed by atoms with Gasteiger partial charge >= 0.3 is 5.97 Å². The number of halogens is 2. The standard InChI is InChI=1S/C26H27F2NO4/c1-15-13-16(7-8-17(15)27)29-18-5-4-6-19(30)20(18)21-22(29)24(2,3)14-33-26(21)11-9-25(28,10-12-26)23(31)32/h4-8,13,30H,9-12,14H2,1-3H3,(H,31,32)/t25-,26-. The number of carbonyl (C=O) groups is 1. The van der Waals surface area contributed by atoms with E-state index in [0.29, 0.717) is 17.6 Å². The predicted molar refractivity (Wildman–Crippen MR) is 120 cm³/mol. The Morgan fingerprint density at radius 1 is 1.12 bits per heavy atom. The van der Waals surface area contributed by atoms with Crippen molar-refractivity contribution in [1.82, 2.24) is 4.57 Å². The Morgan fingerprint density at radius 2 is 1.82 bits per heavy atom. The van der Waals surface area contributed by atoms with Gasteiger partial charge in [-0.05, 0) is 68.5 Å². The van der Waals surface area contributed by atoms with Gasteiger partial charge in [-0.2, -0.15) is 0 Å². The van der Waals surface area contributed by atoms with Gasteiger partial charge in [0.25, 0.3) is 0 Å². The lowest BCUT2D eigenvalue weighted by atomic mass is 9.68. The molecule has 1 aromatic heterocycles. The molecule has 0 atom stereocenters. The van der Waals surface area contributed by atoms with Crippen LogP contribution in [0.3, 0.4) is 0 Å². The van der Waals surface area contributed by atoms with E-state index in [1.165, 1.54) is 6.07 Å². The van der Waals surface area contributed by atoms with Crippen LogP contribution in [-0.2, 0) is 20.5 Å². The molecule has 5 nitrogen and oxygen atoms in total. The van der Waals surface area contributed by atoms with E-state index in [0.717, 1.165) is 22.5 Å². The fraction of sp³-hybridized carbons (Fsp3) is 0.423. The van der Waals surface area contributed by atoms with Gasteiger partial charge in [0.2, 0.25) is 5.67 Å². The number of aliphatic carboxylic acids is 1. The highest BCUT2D eigenvalue weighted by Gasteiger charge is 2.54. The van der Waals surface area contributed by atoms with Crippen molar-refractivity contribution < 1.29 is 28.5 Å². The van der Waals surface area contributed by atoms with Gasteiger partial charge in [0.15, 0.2) is 0 Å². The first kappa shape index (κ1) is 21.9. The van der Waals surface area contributed by atoms with Gasteiger partial charge in [-0.25, -0.2) is 13.6 Å². The summed E-state index contributed by atoms with van der Waals surface area (Å²) in [5.41, 5.74) is 0.0502. The minimum atomic E-state index is -2.28. The number of hydrogen-bond acceptors (Lipinski definition) is 3. The molecule has 1 fully saturated rings. The van der Waals surface area contributed by atoms with Crippen molar-refractivity contribution in [2.75, 3.05) is 6.61 Å². The Balaban J connectivity index is 1.82. The van der Waals surface area contributed by atoms with Crippen LogP contribution in [0.25, 0.3) is 16.6 Å². The maximum absolute atomic E-state index is 15.0. The van der Waals surface area contributed by atoms with Crippen molar-refractivity contribution >= 4 is 16.9 Å².